The second kappa shape index (κ2) is 8.02. The molecule has 0 unspecified atom stereocenters. The maximum Gasteiger partial charge on any atom is 0.407 e. The van der Waals surface area contributed by atoms with Gasteiger partial charge in [-0.1, -0.05) is 72.5 Å². The van der Waals surface area contributed by atoms with E-state index in [9.17, 15) is 4.79 Å². The number of carbonyl (C=O) groups is 1. The van der Waals surface area contributed by atoms with Crippen LogP contribution in [0.5, 0.6) is 0 Å². The number of nitrogens with one attached hydrogen (secondary N) is 1. The van der Waals surface area contributed by atoms with E-state index in [2.05, 4.69) is 41.4 Å². The average molecular weight is 367 g/mol. The van der Waals surface area contributed by atoms with Gasteiger partial charge in [-0.3, -0.25) is 0 Å². The molecule has 0 radical (unpaired) electrons. The number of amides is 1. The summed E-state index contributed by atoms with van der Waals surface area (Å²) in [7, 11) is 0. The second-order valence-electron chi connectivity index (χ2n) is 6.85. The van der Waals surface area contributed by atoms with E-state index in [1.54, 1.807) is 0 Å². The maximum absolute atomic E-state index is 12.1. The standard InChI is InChI=1S/C25H21NO2/c1-18-8-6-9-19(16-18)10-7-15-26-25(27)28-17-24-22-13-4-2-11-20(22)21-12-3-5-14-23(21)24/h2-6,8-9,11-14,16,24H,15,17H2,1H3,(H,26,27). The van der Waals surface area contributed by atoms with E-state index in [0.29, 0.717) is 6.61 Å². The molecule has 28 heavy (non-hydrogen) atoms. The van der Waals surface area contributed by atoms with Crippen LogP contribution in [0.15, 0.2) is 72.8 Å². The van der Waals surface area contributed by atoms with Crippen molar-refractivity contribution in [3.63, 3.8) is 0 Å². The van der Waals surface area contributed by atoms with E-state index >= 15 is 0 Å². The lowest BCUT2D eigenvalue weighted by Gasteiger charge is -2.14. The van der Waals surface area contributed by atoms with Crippen LogP contribution < -0.4 is 5.32 Å². The minimum absolute atomic E-state index is 0.0662. The van der Waals surface area contributed by atoms with Crippen LogP contribution in [0.1, 0.15) is 28.2 Å². The summed E-state index contributed by atoms with van der Waals surface area (Å²) in [5.74, 6) is 6.07. The van der Waals surface area contributed by atoms with E-state index < -0.39 is 6.09 Å². The quantitative estimate of drug-likeness (QED) is 0.670. The van der Waals surface area contributed by atoms with Crippen molar-refractivity contribution in [2.24, 2.45) is 0 Å². The Bertz CT molecular complexity index is 1030. The SMILES string of the molecule is Cc1cccc(C#CCNC(=O)OCC2c3ccccc3-c3ccccc32)c1. The van der Waals surface area contributed by atoms with Crippen molar-refractivity contribution in [2.75, 3.05) is 13.2 Å². The molecule has 0 aliphatic heterocycles. The minimum atomic E-state index is -0.444. The molecule has 0 spiro atoms. The summed E-state index contributed by atoms with van der Waals surface area (Å²) in [6.07, 6.45) is -0.444. The number of carbonyl (C=O) groups excluding carboxylic acids is 1. The molecule has 1 N–H and O–H groups in total. The van der Waals surface area contributed by atoms with Crippen LogP contribution in [0.4, 0.5) is 4.79 Å². The Balaban J connectivity index is 1.35. The van der Waals surface area contributed by atoms with Gasteiger partial charge < -0.3 is 10.1 Å². The largest absolute Gasteiger partial charge is 0.449 e. The van der Waals surface area contributed by atoms with Gasteiger partial charge in [0, 0.05) is 11.5 Å². The zero-order valence-corrected chi connectivity index (χ0v) is 15.7. The third-order valence-corrected chi connectivity index (χ3v) is 4.92. The normalized spacial score (nSPS) is 11.8. The first-order chi connectivity index (χ1) is 13.7. The number of alkyl carbamates (subject to hydrolysis) is 1. The maximum atomic E-state index is 12.1. The fourth-order valence-electron chi connectivity index (χ4n) is 3.63. The molecule has 3 aromatic rings. The lowest BCUT2D eigenvalue weighted by Crippen LogP contribution is -2.26. The Morgan fingerprint density at radius 1 is 0.964 bits per heavy atom. The lowest BCUT2D eigenvalue weighted by atomic mass is 9.98. The Kier molecular flexibility index (Phi) is 5.12. The molecule has 0 aromatic heterocycles. The highest BCUT2D eigenvalue weighted by Gasteiger charge is 2.28. The van der Waals surface area contributed by atoms with Crippen LogP contribution in [0.2, 0.25) is 0 Å². The molecule has 0 heterocycles. The van der Waals surface area contributed by atoms with Gasteiger partial charge in [-0.05, 0) is 46.9 Å². The molecule has 1 amide bonds. The first-order valence-electron chi connectivity index (χ1n) is 9.37. The van der Waals surface area contributed by atoms with Crippen LogP contribution in [0.25, 0.3) is 11.1 Å². The van der Waals surface area contributed by atoms with Gasteiger partial charge in [0.1, 0.15) is 6.61 Å². The van der Waals surface area contributed by atoms with Gasteiger partial charge in [-0.25, -0.2) is 4.79 Å². The van der Waals surface area contributed by atoms with E-state index in [4.69, 9.17) is 4.74 Å². The molecule has 0 atom stereocenters. The fourth-order valence-corrected chi connectivity index (χ4v) is 3.63. The average Bonchev–Trinajstić information content (AvgIpc) is 3.04. The number of rotatable bonds is 3. The fraction of sp³-hybridized carbons (Fsp3) is 0.160. The summed E-state index contributed by atoms with van der Waals surface area (Å²) in [5.41, 5.74) is 6.95. The highest BCUT2D eigenvalue weighted by molar-refractivity contribution is 5.79. The van der Waals surface area contributed by atoms with Crippen molar-refractivity contribution in [1.82, 2.24) is 5.32 Å². The van der Waals surface area contributed by atoms with Crippen LogP contribution >= 0.6 is 0 Å². The van der Waals surface area contributed by atoms with Crippen molar-refractivity contribution in [3.05, 3.63) is 95.1 Å². The van der Waals surface area contributed by atoms with Gasteiger partial charge >= 0.3 is 6.09 Å². The molecule has 0 saturated heterocycles. The number of hydrogen-bond donors (Lipinski definition) is 1. The summed E-state index contributed by atoms with van der Waals surface area (Å²) in [6, 6.07) is 24.5. The van der Waals surface area contributed by atoms with Gasteiger partial charge in [-0.15, -0.1) is 0 Å². The molecule has 0 fully saturated rings. The molecule has 1 aliphatic carbocycles. The smallest absolute Gasteiger partial charge is 0.407 e. The number of aryl methyl sites for hydroxylation is 1. The van der Waals surface area contributed by atoms with Gasteiger partial charge in [0.05, 0.1) is 6.54 Å². The molecule has 4 rings (SSSR count). The van der Waals surface area contributed by atoms with Crippen LogP contribution in [-0.4, -0.2) is 19.2 Å². The molecule has 3 nitrogen and oxygen atoms in total. The van der Waals surface area contributed by atoms with Crippen LogP contribution in [-0.2, 0) is 4.74 Å². The molecule has 138 valence electrons. The second-order valence-corrected chi connectivity index (χ2v) is 6.85. The first-order valence-corrected chi connectivity index (χ1v) is 9.37. The van der Waals surface area contributed by atoms with E-state index in [1.807, 2.05) is 55.5 Å². The summed E-state index contributed by atoms with van der Waals surface area (Å²) in [6.45, 7) is 2.59. The van der Waals surface area contributed by atoms with Crippen LogP contribution in [0, 0.1) is 18.8 Å². The third kappa shape index (κ3) is 3.77. The Labute approximate surface area is 165 Å². The molecule has 0 saturated carbocycles. The molecule has 3 aromatic carbocycles. The lowest BCUT2D eigenvalue weighted by molar-refractivity contribution is 0.144. The van der Waals surface area contributed by atoms with E-state index in [0.717, 1.165) is 11.1 Å². The van der Waals surface area contributed by atoms with Gasteiger partial charge in [0.2, 0.25) is 0 Å². The predicted molar refractivity (Wildman–Crippen MR) is 111 cm³/mol. The number of fused-ring (bicyclic) bond motifs is 3. The number of hydrogen-bond acceptors (Lipinski definition) is 2. The predicted octanol–water partition coefficient (Wildman–Crippen LogP) is 4.89. The monoisotopic (exact) mass is 367 g/mol. The van der Waals surface area contributed by atoms with Crippen LogP contribution in [0.3, 0.4) is 0 Å². The molecular weight excluding hydrogens is 346 g/mol. The molecule has 3 heteroatoms. The van der Waals surface area contributed by atoms with Gasteiger partial charge in [-0.2, -0.15) is 0 Å². The van der Waals surface area contributed by atoms with Crippen molar-refractivity contribution < 1.29 is 9.53 Å². The third-order valence-electron chi connectivity index (χ3n) is 4.92. The van der Waals surface area contributed by atoms with Crippen molar-refractivity contribution in [2.45, 2.75) is 12.8 Å². The Hall–Kier alpha value is -3.51. The van der Waals surface area contributed by atoms with Crippen molar-refractivity contribution in [3.8, 4) is 23.0 Å². The number of benzene rings is 3. The Morgan fingerprint density at radius 3 is 2.32 bits per heavy atom. The summed E-state index contributed by atoms with van der Waals surface area (Å²) in [4.78, 5) is 12.1. The minimum Gasteiger partial charge on any atom is -0.449 e. The van der Waals surface area contributed by atoms with Gasteiger partial charge in [0.25, 0.3) is 0 Å². The van der Waals surface area contributed by atoms with Crippen molar-refractivity contribution in [1.29, 1.82) is 0 Å². The van der Waals surface area contributed by atoms with E-state index in [-0.39, 0.29) is 12.5 Å². The summed E-state index contributed by atoms with van der Waals surface area (Å²) >= 11 is 0. The number of ether oxygens (including phenoxy) is 1. The Morgan fingerprint density at radius 2 is 1.64 bits per heavy atom. The summed E-state index contributed by atoms with van der Waals surface area (Å²) < 4.78 is 5.49. The molecular formula is C25H21NO2. The highest BCUT2D eigenvalue weighted by Crippen LogP contribution is 2.44. The van der Waals surface area contributed by atoms with Gasteiger partial charge in [0.15, 0.2) is 0 Å². The summed E-state index contributed by atoms with van der Waals surface area (Å²) in [5, 5.41) is 2.70. The van der Waals surface area contributed by atoms with E-state index in [1.165, 1.54) is 22.3 Å². The first kappa shape index (κ1) is 17.9. The molecule has 1 aliphatic rings. The van der Waals surface area contributed by atoms with Crippen molar-refractivity contribution >= 4 is 6.09 Å². The zero-order valence-electron chi connectivity index (χ0n) is 15.7. The highest BCUT2D eigenvalue weighted by atomic mass is 16.5. The topological polar surface area (TPSA) is 38.3 Å². The molecule has 0 bridgehead atoms. The zero-order chi connectivity index (χ0) is 19.3.